The van der Waals surface area contributed by atoms with E-state index in [2.05, 4.69) is 15.3 Å². The van der Waals surface area contributed by atoms with Crippen molar-refractivity contribution in [2.75, 3.05) is 11.9 Å². The van der Waals surface area contributed by atoms with Gasteiger partial charge in [0.05, 0.1) is 18.1 Å². The molecule has 0 aliphatic heterocycles. The molecule has 0 saturated heterocycles. The van der Waals surface area contributed by atoms with Gasteiger partial charge in [0.1, 0.15) is 11.5 Å². The zero-order valence-corrected chi connectivity index (χ0v) is 14.6. The molecule has 0 bridgehead atoms. The summed E-state index contributed by atoms with van der Waals surface area (Å²) in [7, 11) is 0. The molecule has 2 N–H and O–H groups in total. The molecule has 0 atom stereocenters. The SMILES string of the molecule is Cc1ccc(OCC(=O)Nc2cnc(-c3cccc(O)c3)nc2)c(C)c1. The van der Waals surface area contributed by atoms with Crippen molar-refractivity contribution >= 4 is 11.6 Å². The highest BCUT2D eigenvalue weighted by atomic mass is 16.5. The molecule has 0 spiro atoms. The fourth-order valence-corrected chi connectivity index (χ4v) is 2.49. The lowest BCUT2D eigenvalue weighted by atomic mass is 10.1. The second kappa shape index (κ2) is 7.65. The highest BCUT2D eigenvalue weighted by molar-refractivity contribution is 5.91. The molecule has 3 rings (SSSR count). The van der Waals surface area contributed by atoms with Gasteiger partial charge < -0.3 is 15.2 Å². The van der Waals surface area contributed by atoms with Gasteiger partial charge in [-0.3, -0.25) is 4.79 Å². The number of nitrogens with one attached hydrogen (secondary N) is 1. The number of phenols is 1. The van der Waals surface area contributed by atoms with Gasteiger partial charge in [-0.05, 0) is 37.6 Å². The van der Waals surface area contributed by atoms with Gasteiger partial charge in [0.25, 0.3) is 5.91 Å². The summed E-state index contributed by atoms with van der Waals surface area (Å²) in [5, 5.41) is 12.2. The van der Waals surface area contributed by atoms with Crippen molar-refractivity contribution in [3.8, 4) is 22.9 Å². The van der Waals surface area contributed by atoms with Gasteiger partial charge in [0.2, 0.25) is 0 Å². The maximum absolute atomic E-state index is 12.0. The van der Waals surface area contributed by atoms with E-state index in [1.54, 1.807) is 24.3 Å². The van der Waals surface area contributed by atoms with Gasteiger partial charge in [0.15, 0.2) is 12.4 Å². The maximum atomic E-state index is 12.0. The minimum Gasteiger partial charge on any atom is -0.508 e. The topological polar surface area (TPSA) is 84.3 Å². The summed E-state index contributed by atoms with van der Waals surface area (Å²) in [6.07, 6.45) is 3.03. The number of carbonyl (C=O) groups is 1. The molecule has 0 aliphatic carbocycles. The molecule has 2 aromatic carbocycles. The van der Waals surface area contributed by atoms with Crippen LogP contribution >= 0.6 is 0 Å². The predicted molar refractivity (Wildman–Crippen MR) is 99.2 cm³/mol. The van der Waals surface area contributed by atoms with Crippen LogP contribution < -0.4 is 10.1 Å². The van der Waals surface area contributed by atoms with E-state index >= 15 is 0 Å². The van der Waals surface area contributed by atoms with Gasteiger partial charge in [-0.25, -0.2) is 9.97 Å². The van der Waals surface area contributed by atoms with Crippen LogP contribution in [-0.4, -0.2) is 27.6 Å². The lowest BCUT2D eigenvalue weighted by Crippen LogP contribution is -2.20. The average molecular weight is 349 g/mol. The van der Waals surface area contributed by atoms with Crippen molar-refractivity contribution in [3.63, 3.8) is 0 Å². The summed E-state index contributed by atoms with van der Waals surface area (Å²) < 4.78 is 5.55. The van der Waals surface area contributed by atoms with Crippen LogP contribution in [0.25, 0.3) is 11.4 Å². The number of aromatic nitrogens is 2. The zero-order chi connectivity index (χ0) is 18.5. The third kappa shape index (κ3) is 4.36. The molecule has 1 aromatic heterocycles. The molecule has 1 amide bonds. The van der Waals surface area contributed by atoms with Gasteiger partial charge in [-0.2, -0.15) is 0 Å². The number of rotatable bonds is 5. The van der Waals surface area contributed by atoms with E-state index in [9.17, 15) is 9.90 Å². The van der Waals surface area contributed by atoms with E-state index < -0.39 is 0 Å². The summed E-state index contributed by atoms with van der Waals surface area (Å²) in [6, 6.07) is 12.5. The minimum atomic E-state index is -0.293. The third-order valence-electron chi connectivity index (χ3n) is 3.73. The first-order valence-electron chi connectivity index (χ1n) is 8.12. The predicted octanol–water partition coefficient (Wildman–Crippen LogP) is 3.48. The monoisotopic (exact) mass is 349 g/mol. The average Bonchev–Trinajstić information content (AvgIpc) is 2.61. The first kappa shape index (κ1) is 17.4. The number of benzene rings is 2. The summed E-state index contributed by atoms with van der Waals surface area (Å²) in [5.74, 6) is 0.998. The van der Waals surface area contributed by atoms with Crippen molar-refractivity contribution in [2.24, 2.45) is 0 Å². The van der Waals surface area contributed by atoms with Crippen molar-refractivity contribution in [1.29, 1.82) is 0 Å². The Morgan fingerprint density at radius 1 is 1.12 bits per heavy atom. The van der Waals surface area contributed by atoms with Crippen molar-refractivity contribution in [3.05, 3.63) is 66.0 Å². The molecule has 26 heavy (non-hydrogen) atoms. The standard InChI is InChI=1S/C20H19N3O3/c1-13-6-7-18(14(2)8-13)26-12-19(25)23-16-10-21-20(22-11-16)15-4-3-5-17(24)9-15/h3-11,24H,12H2,1-2H3,(H,23,25). The Morgan fingerprint density at radius 3 is 2.58 bits per heavy atom. The lowest BCUT2D eigenvalue weighted by Gasteiger charge is -2.10. The normalized spacial score (nSPS) is 10.4. The molecule has 3 aromatic rings. The molecule has 0 fully saturated rings. The number of ether oxygens (including phenoxy) is 1. The van der Waals surface area contributed by atoms with Crippen LogP contribution in [-0.2, 0) is 4.79 Å². The summed E-state index contributed by atoms with van der Waals surface area (Å²) in [5.41, 5.74) is 3.30. The van der Waals surface area contributed by atoms with Gasteiger partial charge >= 0.3 is 0 Å². The van der Waals surface area contributed by atoms with Crippen molar-refractivity contribution < 1.29 is 14.6 Å². The Balaban J connectivity index is 1.59. The second-order valence-corrected chi connectivity index (χ2v) is 5.95. The molecule has 6 nitrogen and oxygen atoms in total. The van der Waals surface area contributed by atoms with Gasteiger partial charge in [-0.1, -0.05) is 29.8 Å². The lowest BCUT2D eigenvalue weighted by molar-refractivity contribution is -0.118. The minimum absolute atomic E-state index is 0.0990. The van der Waals surface area contributed by atoms with Crippen molar-refractivity contribution in [1.82, 2.24) is 9.97 Å². The van der Waals surface area contributed by atoms with E-state index in [4.69, 9.17) is 4.74 Å². The van der Waals surface area contributed by atoms with Gasteiger partial charge in [-0.15, -0.1) is 0 Å². The maximum Gasteiger partial charge on any atom is 0.262 e. The molecular formula is C20H19N3O3. The number of anilines is 1. The highest BCUT2D eigenvalue weighted by Gasteiger charge is 2.07. The highest BCUT2D eigenvalue weighted by Crippen LogP contribution is 2.20. The molecule has 0 radical (unpaired) electrons. The smallest absolute Gasteiger partial charge is 0.262 e. The van der Waals surface area contributed by atoms with Crippen LogP contribution in [0.1, 0.15) is 11.1 Å². The third-order valence-corrected chi connectivity index (χ3v) is 3.73. The van der Waals surface area contributed by atoms with Crippen LogP contribution in [0.15, 0.2) is 54.9 Å². The van der Waals surface area contributed by atoms with Crippen molar-refractivity contribution in [2.45, 2.75) is 13.8 Å². The van der Waals surface area contributed by atoms with E-state index in [0.717, 1.165) is 11.1 Å². The summed E-state index contributed by atoms with van der Waals surface area (Å²) in [6.45, 7) is 3.84. The Hall–Kier alpha value is -3.41. The first-order chi connectivity index (χ1) is 12.5. The summed E-state index contributed by atoms with van der Waals surface area (Å²) in [4.78, 5) is 20.5. The Labute approximate surface area is 151 Å². The number of amides is 1. The van der Waals surface area contributed by atoms with Crippen LogP contribution in [0.2, 0.25) is 0 Å². The largest absolute Gasteiger partial charge is 0.508 e. The number of phenolic OH excluding ortho intramolecular Hbond substituents is 1. The molecule has 1 heterocycles. The second-order valence-electron chi connectivity index (χ2n) is 5.95. The zero-order valence-electron chi connectivity index (χ0n) is 14.6. The first-order valence-corrected chi connectivity index (χ1v) is 8.12. The van der Waals surface area contributed by atoms with Crippen LogP contribution in [0.3, 0.4) is 0 Å². The van der Waals surface area contributed by atoms with Gasteiger partial charge in [0, 0.05) is 5.56 Å². The van der Waals surface area contributed by atoms with E-state index in [0.29, 0.717) is 22.8 Å². The molecule has 132 valence electrons. The van der Waals surface area contributed by atoms with E-state index in [1.165, 1.54) is 12.4 Å². The Morgan fingerprint density at radius 2 is 1.88 bits per heavy atom. The number of hydrogen-bond acceptors (Lipinski definition) is 5. The Bertz CT molecular complexity index is 924. The molecule has 0 saturated carbocycles. The van der Waals surface area contributed by atoms with Crippen LogP contribution in [0.5, 0.6) is 11.5 Å². The number of nitrogens with zero attached hydrogens (tertiary/aromatic N) is 2. The summed E-state index contributed by atoms with van der Waals surface area (Å²) >= 11 is 0. The molecular weight excluding hydrogens is 330 g/mol. The van der Waals surface area contributed by atoms with E-state index in [1.807, 2.05) is 32.0 Å². The molecule has 0 unspecified atom stereocenters. The fraction of sp³-hybridized carbons (Fsp3) is 0.150. The molecule has 6 heteroatoms. The number of aryl methyl sites for hydroxylation is 2. The number of hydrogen-bond donors (Lipinski definition) is 2. The number of carbonyl (C=O) groups excluding carboxylic acids is 1. The fourth-order valence-electron chi connectivity index (χ4n) is 2.49. The van der Waals surface area contributed by atoms with E-state index in [-0.39, 0.29) is 18.3 Å². The van der Waals surface area contributed by atoms with Crippen LogP contribution in [0.4, 0.5) is 5.69 Å². The number of aromatic hydroxyl groups is 1. The molecule has 0 aliphatic rings. The Kier molecular flexibility index (Phi) is 5.12. The quantitative estimate of drug-likeness (QED) is 0.737. The van der Waals surface area contributed by atoms with Crippen LogP contribution in [0, 0.1) is 13.8 Å².